The van der Waals surface area contributed by atoms with E-state index in [9.17, 15) is 18.0 Å². The predicted octanol–water partition coefficient (Wildman–Crippen LogP) is 2.20. The van der Waals surface area contributed by atoms with Gasteiger partial charge in [0.2, 0.25) is 0 Å². The second kappa shape index (κ2) is 10.2. The van der Waals surface area contributed by atoms with E-state index in [1.165, 1.54) is 13.2 Å². The number of hydrogen-bond acceptors (Lipinski definition) is 7. The van der Waals surface area contributed by atoms with Gasteiger partial charge in [-0.1, -0.05) is 30.3 Å². The van der Waals surface area contributed by atoms with Gasteiger partial charge in [-0.2, -0.15) is 8.42 Å². The Morgan fingerprint density at radius 2 is 1.79 bits per heavy atom. The summed E-state index contributed by atoms with van der Waals surface area (Å²) in [6.45, 7) is 5.13. The van der Waals surface area contributed by atoms with E-state index >= 15 is 0 Å². The second-order valence-electron chi connectivity index (χ2n) is 7.09. The van der Waals surface area contributed by atoms with Gasteiger partial charge in [0.05, 0.1) is 19.4 Å². The number of alkyl carbamates (subject to hydrolysis) is 1. The Balaban J connectivity index is 3.17. The van der Waals surface area contributed by atoms with Crippen molar-refractivity contribution in [2.45, 2.75) is 44.9 Å². The molecule has 0 saturated carbocycles. The first kappa shape index (κ1) is 23.6. The van der Waals surface area contributed by atoms with Gasteiger partial charge in [-0.15, -0.1) is 0 Å². The van der Waals surface area contributed by atoms with Crippen molar-refractivity contribution in [3.8, 4) is 0 Å². The van der Waals surface area contributed by atoms with Crippen LogP contribution in [0.2, 0.25) is 0 Å². The number of amides is 1. The number of hydrogen-bond donors (Lipinski definition) is 1. The first-order chi connectivity index (χ1) is 12.9. The minimum absolute atomic E-state index is 0.242. The number of methoxy groups -OCH3 is 1. The van der Waals surface area contributed by atoms with Crippen molar-refractivity contribution >= 4 is 22.2 Å². The highest BCUT2D eigenvalue weighted by atomic mass is 32.2. The number of ether oxygens (including phenoxy) is 2. The summed E-state index contributed by atoms with van der Waals surface area (Å²) in [5, 5.41) is 2.63. The molecule has 0 spiro atoms. The van der Waals surface area contributed by atoms with Gasteiger partial charge >= 0.3 is 12.1 Å². The van der Waals surface area contributed by atoms with Gasteiger partial charge in [-0.25, -0.2) is 9.59 Å². The van der Waals surface area contributed by atoms with Crippen molar-refractivity contribution in [3.05, 3.63) is 48.0 Å². The van der Waals surface area contributed by atoms with Crippen molar-refractivity contribution < 1.29 is 31.7 Å². The van der Waals surface area contributed by atoms with Crippen LogP contribution in [0.5, 0.6) is 0 Å². The zero-order chi connectivity index (χ0) is 21.4. The SMILES string of the molecule is COC(=O)/C=C/[C@H](OS(C)(=O)=O)[C@H](Cc1ccccc1)NC(=O)OC(C)(C)C. The third kappa shape index (κ3) is 10.1. The van der Waals surface area contributed by atoms with Gasteiger partial charge in [-0.05, 0) is 38.8 Å². The first-order valence-corrected chi connectivity index (χ1v) is 10.4. The third-order valence-electron chi connectivity index (χ3n) is 3.31. The normalized spacial score (nSPS) is 14.3. The highest BCUT2D eigenvalue weighted by molar-refractivity contribution is 7.86. The third-order valence-corrected chi connectivity index (χ3v) is 3.88. The molecule has 28 heavy (non-hydrogen) atoms. The Bertz CT molecular complexity index is 782. The molecule has 1 amide bonds. The molecule has 9 heteroatoms. The summed E-state index contributed by atoms with van der Waals surface area (Å²) in [6, 6.07) is 8.29. The lowest BCUT2D eigenvalue weighted by atomic mass is 10.0. The number of benzene rings is 1. The number of esters is 1. The molecule has 0 radical (unpaired) electrons. The first-order valence-electron chi connectivity index (χ1n) is 8.57. The molecular weight excluding hydrogens is 386 g/mol. The molecule has 0 aliphatic carbocycles. The molecule has 0 aliphatic heterocycles. The Kier molecular flexibility index (Phi) is 8.64. The molecule has 0 aliphatic rings. The fraction of sp³-hybridized carbons (Fsp3) is 0.474. The number of carbonyl (C=O) groups excluding carboxylic acids is 2. The fourth-order valence-electron chi connectivity index (χ4n) is 2.25. The van der Waals surface area contributed by atoms with Crippen molar-refractivity contribution in [2.24, 2.45) is 0 Å². The van der Waals surface area contributed by atoms with Crippen LogP contribution in [0, 0.1) is 0 Å². The molecule has 1 N–H and O–H groups in total. The summed E-state index contributed by atoms with van der Waals surface area (Å²) in [7, 11) is -2.69. The van der Waals surface area contributed by atoms with Crippen LogP contribution in [0.25, 0.3) is 0 Å². The molecule has 1 aromatic carbocycles. The van der Waals surface area contributed by atoms with Crippen LogP contribution in [0.15, 0.2) is 42.5 Å². The monoisotopic (exact) mass is 413 g/mol. The van der Waals surface area contributed by atoms with Crippen LogP contribution in [0.1, 0.15) is 26.3 Å². The van der Waals surface area contributed by atoms with E-state index in [2.05, 4.69) is 10.1 Å². The number of carbonyl (C=O) groups is 2. The maximum Gasteiger partial charge on any atom is 0.407 e. The predicted molar refractivity (Wildman–Crippen MR) is 104 cm³/mol. The smallest absolute Gasteiger partial charge is 0.407 e. The van der Waals surface area contributed by atoms with E-state index in [-0.39, 0.29) is 6.42 Å². The molecule has 0 heterocycles. The summed E-state index contributed by atoms with van der Waals surface area (Å²) in [6.07, 6.45) is 1.52. The van der Waals surface area contributed by atoms with Gasteiger partial charge < -0.3 is 14.8 Å². The summed E-state index contributed by atoms with van der Waals surface area (Å²) in [5.74, 6) is -0.683. The molecule has 156 valence electrons. The summed E-state index contributed by atoms with van der Waals surface area (Å²) >= 11 is 0. The van der Waals surface area contributed by atoms with Gasteiger partial charge in [0.25, 0.3) is 10.1 Å². The molecular formula is C19H27NO7S. The van der Waals surface area contributed by atoms with Crippen LogP contribution in [0.4, 0.5) is 4.79 Å². The van der Waals surface area contributed by atoms with E-state index in [4.69, 9.17) is 8.92 Å². The van der Waals surface area contributed by atoms with Gasteiger partial charge in [0, 0.05) is 6.08 Å². The highest BCUT2D eigenvalue weighted by Gasteiger charge is 2.28. The fourth-order valence-corrected chi connectivity index (χ4v) is 2.85. The van der Waals surface area contributed by atoms with Crippen LogP contribution in [-0.2, 0) is 35.0 Å². The molecule has 0 saturated heterocycles. The largest absolute Gasteiger partial charge is 0.466 e. The molecule has 1 aromatic rings. The number of nitrogens with one attached hydrogen (secondary N) is 1. The van der Waals surface area contributed by atoms with Gasteiger partial charge in [-0.3, -0.25) is 4.18 Å². The maximum atomic E-state index is 12.3. The van der Waals surface area contributed by atoms with E-state index in [1.807, 2.05) is 30.3 Å². The lowest BCUT2D eigenvalue weighted by Crippen LogP contribution is -2.47. The molecule has 0 fully saturated rings. The Labute approximate surface area is 166 Å². The highest BCUT2D eigenvalue weighted by Crippen LogP contribution is 2.14. The summed E-state index contributed by atoms with van der Waals surface area (Å²) in [4.78, 5) is 23.7. The van der Waals surface area contributed by atoms with Crippen molar-refractivity contribution in [3.63, 3.8) is 0 Å². The van der Waals surface area contributed by atoms with Crippen molar-refractivity contribution in [1.82, 2.24) is 5.32 Å². The molecule has 0 bridgehead atoms. The number of rotatable bonds is 8. The zero-order valence-corrected chi connectivity index (χ0v) is 17.5. The van der Waals surface area contributed by atoms with E-state index < -0.39 is 39.9 Å². The van der Waals surface area contributed by atoms with Crippen LogP contribution in [-0.4, -0.2) is 51.6 Å². The quantitative estimate of drug-likeness (QED) is 0.395. The average Bonchev–Trinajstić information content (AvgIpc) is 2.56. The van der Waals surface area contributed by atoms with Gasteiger partial charge in [0.15, 0.2) is 0 Å². The lowest BCUT2D eigenvalue weighted by molar-refractivity contribution is -0.134. The maximum absolute atomic E-state index is 12.3. The van der Waals surface area contributed by atoms with E-state index in [0.717, 1.165) is 17.9 Å². The van der Waals surface area contributed by atoms with Crippen LogP contribution >= 0.6 is 0 Å². The molecule has 0 unspecified atom stereocenters. The molecule has 8 nitrogen and oxygen atoms in total. The van der Waals surface area contributed by atoms with Crippen LogP contribution in [0.3, 0.4) is 0 Å². The van der Waals surface area contributed by atoms with E-state index in [0.29, 0.717) is 0 Å². The topological polar surface area (TPSA) is 108 Å². The second-order valence-corrected chi connectivity index (χ2v) is 8.69. The van der Waals surface area contributed by atoms with E-state index in [1.54, 1.807) is 20.8 Å². The molecule has 1 rings (SSSR count). The summed E-state index contributed by atoms with van der Waals surface area (Å²) in [5.41, 5.74) is 0.0910. The molecule has 0 aromatic heterocycles. The van der Waals surface area contributed by atoms with Crippen molar-refractivity contribution in [1.29, 1.82) is 0 Å². The van der Waals surface area contributed by atoms with Crippen molar-refractivity contribution in [2.75, 3.05) is 13.4 Å². The Morgan fingerprint density at radius 3 is 2.29 bits per heavy atom. The molecule has 2 atom stereocenters. The minimum atomic E-state index is -3.88. The minimum Gasteiger partial charge on any atom is -0.466 e. The van der Waals surface area contributed by atoms with Crippen LogP contribution < -0.4 is 5.32 Å². The standard InChI is InChI=1S/C19H27NO7S/c1-19(2,3)26-18(22)20-15(13-14-9-7-6-8-10-14)16(27-28(5,23)24)11-12-17(21)25-4/h6-12,15-16H,13H2,1-5H3,(H,20,22)/b12-11+/t15-,16-/m0/s1. The lowest BCUT2D eigenvalue weighted by Gasteiger charge is -2.27. The Hall–Kier alpha value is -2.39. The zero-order valence-electron chi connectivity index (χ0n) is 16.7. The Morgan fingerprint density at radius 1 is 1.18 bits per heavy atom. The summed E-state index contributed by atoms with van der Waals surface area (Å²) < 4.78 is 38.3. The average molecular weight is 413 g/mol. The van der Waals surface area contributed by atoms with Gasteiger partial charge in [0.1, 0.15) is 11.7 Å².